The molecule has 6 nitrogen and oxygen atoms in total. The number of nitrogens with zero attached hydrogens (tertiary/aromatic N) is 1. The Bertz CT molecular complexity index is 614. The highest BCUT2D eigenvalue weighted by molar-refractivity contribution is 5.93. The number of benzene rings is 1. The van der Waals surface area contributed by atoms with Gasteiger partial charge in [-0.05, 0) is 19.1 Å². The molecule has 1 heterocycles. The number of aromatic nitrogens is 2. The van der Waals surface area contributed by atoms with E-state index in [-0.39, 0.29) is 11.3 Å². The summed E-state index contributed by atoms with van der Waals surface area (Å²) in [5.74, 6) is -1.64. The van der Waals surface area contributed by atoms with Crippen LogP contribution in [-0.2, 0) is 0 Å². The van der Waals surface area contributed by atoms with Gasteiger partial charge in [0.2, 0.25) is 0 Å². The molecule has 18 heavy (non-hydrogen) atoms. The zero-order chi connectivity index (χ0) is 13.3. The predicted molar refractivity (Wildman–Crippen MR) is 62.7 cm³/mol. The second-order valence-corrected chi connectivity index (χ2v) is 3.73. The minimum absolute atomic E-state index is 0.00410. The maximum absolute atomic E-state index is 11.0. The number of H-pyrrole nitrogens is 1. The van der Waals surface area contributed by atoms with Crippen LogP contribution in [0.2, 0.25) is 0 Å². The number of hydrogen-bond acceptors (Lipinski definition) is 3. The Morgan fingerprint density at radius 3 is 2.22 bits per heavy atom. The highest BCUT2D eigenvalue weighted by Gasteiger charge is 2.16. The molecule has 3 N–H and O–H groups in total. The van der Waals surface area contributed by atoms with E-state index in [1.807, 2.05) is 0 Å². The molecule has 0 amide bonds. The van der Waals surface area contributed by atoms with Crippen molar-refractivity contribution in [2.24, 2.45) is 0 Å². The fourth-order valence-corrected chi connectivity index (χ4v) is 1.63. The van der Waals surface area contributed by atoms with Crippen molar-refractivity contribution < 1.29 is 19.8 Å². The number of carboxylic acids is 2. The molecular formula is C12H10N2O4. The third-order valence-electron chi connectivity index (χ3n) is 2.44. The van der Waals surface area contributed by atoms with Gasteiger partial charge in [-0.1, -0.05) is 12.1 Å². The normalized spacial score (nSPS) is 10.3. The van der Waals surface area contributed by atoms with Crippen LogP contribution in [0.15, 0.2) is 24.3 Å². The quantitative estimate of drug-likeness (QED) is 0.765. The Morgan fingerprint density at radius 1 is 1.11 bits per heavy atom. The summed E-state index contributed by atoms with van der Waals surface area (Å²) in [4.78, 5) is 28.5. The first-order chi connectivity index (χ1) is 8.49. The first-order valence-corrected chi connectivity index (χ1v) is 5.12. The number of rotatable bonds is 3. The minimum Gasteiger partial charge on any atom is -0.478 e. The number of carboxylic acid groups (broad SMARTS) is 2. The van der Waals surface area contributed by atoms with Crippen molar-refractivity contribution in [1.82, 2.24) is 9.97 Å². The van der Waals surface area contributed by atoms with Crippen LogP contribution >= 0.6 is 0 Å². The van der Waals surface area contributed by atoms with E-state index in [1.165, 1.54) is 24.3 Å². The molecule has 2 rings (SSSR count). The number of aromatic amines is 1. The zero-order valence-corrected chi connectivity index (χ0v) is 9.47. The van der Waals surface area contributed by atoms with E-state index in [4.69, 9.17) is 10.2 Å². The van der Waals surface area contributed by atoms with E-state index in [1.54, 1.807) is 6.92 Å². The monoisotopic (exact) mass is 246 g/mol. The number of carbonyl (C=O) groups is 2. The van der Waals surface area contributed by atoms with Gasteiger partial charge in [0, 0.05) is 5.56 Å². The first kappa shape index (κ1) is 11.8. The number of aromatic carboxylic acids is 2. The van der Waals surface area contributed by atoms with Crippen molar-refractivity contribution >= 4 is 11.9 Å². The van der Waals surface area contributed by atoms with Gasteiger partial charge in [-0.2, -0.15) is 0 Å². The molecule has 0 saturated heterocycles. The fraction of sp³-hybridized carbons (Fsp3) is 0.0833. The van der Waals surface area contributed by atoms with Gasteiger partial charge in [-0.15, -0.1) is 0 Å². The second kappa shape index (κ2) is 4.33. The smallest absolute Gasteiger partial charge is 0.354 e. The van der Waals surface area contributed by atoms with Crippen molar-refractivity contribution in [3.05, 3.63) is 41.3 Å². The van der Waals surface area contributed by atoms with Crippen LogP contribution in [0.25, 0.3) is 11.3 Å². The van der Waals surface area contributed by atoms with Crippen molar-refractivity contribution in [2.75, 3.05) is 0 Å². The number of imidazole rings is 1. The van der Waals surface area contributed by atoms with Gasteiger partial charge in [-0.3, -0.25) is 0 Å². The molecule has 6 heteroatoms. The summed E-state index contributed by atoms with van der Waals surface area (Å²) in [6, 6.07) is 5.89. The Kier molecular flexibility index (Phi) is 2.85. The van der Waals surface area contributed by atoms with E-state index in [9.17, 15) is 9.59 Å². The first-order valence-electron chi connectivity index (χ1n) is 5.12. The van der Waals surface area contributed by atoms with E-state index in [0.29, 0.717) is 17.1 Å². The Labute approximate surface area is 102 Å². The molecule has 0 aliphatic heterocycles. The van der Waals surface area contributed by atoms with Crippen molar-refractivity contribution in [1.29, 1.82) is 0 Å². The topological polar surface area (TPSA) is 103 Å². The summed E-state index contributed by atoms with van der Waals surface area (Å²) in [5.41, 5.74) is 0.997. The van der Waals surface area contributed by atoms with Crippen molar-refractivity contribution in [2.45, 2.75) is 6.92 Å². The zero-order valence-electron chi connectivity index (χ0n) is 9.47. The average molecular weight is 246 g/mol. The Balaban J connectivity index is 2.48. The summed E-state index contributed by atoms with van der Waals surface area (Å²) in [5, 5.41) is 17.8. The lowest BCUT2D eigenvalue weighted by Crippen LogP contribution is -2.00. The maximum atomic E-state index is 11.0. The number of nitrogens with one attached hydrogen (secondary N) is 1. The molecule has 1 aromatic carbocycles. The minimum atomic E-state index is -1.10. The largest absolute Gasteiger partial charge is 0.478 e. The molecule has 92 valence electrons. The van der Waals surface area contributed by atoms with Crippen LogP contribution < -0.4 is 0 Å². The van der Waals surface area contributed by atoms with Gasteiger partial charge < -0.3 is 15.2 Å². The summed E-state index contributed by atoms with van der Waals surface area (Å²) < 4.78 is 0. The standard InChI is InChI=1S/C12H10N2O4/c1-6-13-9(10(14-6)12(17)18)7-2-4-8(5-3-7)11(15)16/h2-5H,1H3,(H,13,14)(H,15,16)(H,17,18). The van der Waals surface area contributed by atoms with Gasteiger partial charge in [0.15, 0.2) is 5.69 Å². The van der Waals surface area contributed by atoms with Gasteiger partial charge in [0.1, 0.15) is 11.5 Å². The highest BCUT2D eigenvalue weighted by Crippen LogP contribution is 2.22. The van der Waals surface area contributed by atoms with Gasteiger partial charge in [0.05, 0.1) is 5.56 Å². The van der Waals surface area contributed by atoms with Gasteiger partial charge in [-0.25, -0.2) is 14.6 Å². The van der Waals surface area contributed by atoms with Gasteiger partial charge in [0.25, 0.3) is 0 Å². The summed E-state index contributed by atoms with van der Waals surface area (Å²) in [6.45, 7) is 1.65. The Morgan fingerprint density at radius 2 is 1.72 bits per heavy atom. The third kappa shape index (κ3) is 2.08. The lowest BCUT2D eigenvalue weighted by atomic mass is 10.1. The number of aryl methyl sites for hydroxylation is 1. The lowest BCUT2D eigenvalue weighted by molar-refractivity contribution is 0.0683. The van der Waals surface area contributed by atoms with Crippen LogP contribution in [0.1, 0.15) is 26.7 Å². The average Bonchev–Trinajstić information content (AvgIpc) is 2.71. The molecule has 0 atom stereocenters. The van der Waals surface area contributed by atoms with E-state index < -0.39 is 11.9 Å². The number of hydrogen-bond donors (Lipinski definition) is 3. The summed E-state index contributed by atoms with van der Waals surface area (Å²) in [7, 11) is 0. The fourth-order valence-electron chi connectivity index (χ4n) is 1.63. The molecule has 0 bridgehead atoms. The van der Waals surface area contributed by atoms with Crippen LogP contribution in [0.4, 0.5) is 0 Å². The van der Waals surface area contributed by atoms with Crippen LogP contribution in [0.3, 0.4) is 0 Å². The van der Waals surface area contributed by atoms with E-state index >= 15 is 0 Å². The van der Waals surface area contributed by atoms with E-state index in [0.717, 1.165) is 0 Å². The summed E-state index contributed by atoms with van der Waals surface area (Å²) in [6.07, 6.45) is 0. The predicted octanol–water partition coefficient (Wildman–Crippen LogP) is 1.78. The molecule has 2 aromatic rings. The second-order valence-electron chi connectivity index (χ2n) is 3.73. The molecule has 0 unspecified atom stereocenters. The van der Waals surface area contributed by atoms with E-state index in [2.05, 4.69) is 9.97 Å². The van der Waals surface area contributed by atoms with Crippen molar-refractivity contribution in [3.8, 4) is 11.3 Å². The molecule has 0 fully saturated rings. The molecule has 0 radical (unpaired) electrons. The molecular weight excluding hydrogens is 236 g/mol. The lowest BCUT2D eigenvalue weighted by Gasteiger charge is -2.00. The van der Waals surface area contributed by atoms with Gasteiger partial charge >= 0.3 is 11.9 Å². The maximum Gasteiger partial charge on any atom is 0.354 e. The highest BCUT2D eigenvalue weighted by atomic mass is 16.4. The van der Waals surface area contributed by atoms with Crippen molar-refractivity contribution in [3.63, 3.8) is 0 Å². The molecule has 0 spiro atoms. The molecule has 0 saturated carbocycles. The van der Waals surface area contributed by atoms with Crippen LogP contribution in [0, 0.1) is 6.92 Å². The third-order valence-corrected chi connectivity index (χ3v) is 2.44. The van der Waals surface area contributed by atoms with Crippen LogP contribution in [-0.4, -0.2) is 32.1 Å². The Hall–Kier alpha value is -2.63. The molecule has 1 aromatic heterocycles. The molecule has 0 aliphatic carbocycles. The molecule has 0 aliphatic rings. The SMILES string of the molecule is Cc1nc(-c2ccc(C(=O)O)cc2)c(C(=O)O)[nH]1. The van der Waals surface area contributed by atoms with Crippen LogP contribution in [0.5, 0.6) is 0 Å². The summed E-state index contributed by atoms with van der Waals surface area (Å²) >= 11 is 0.